The van der Waals surface area contributed by atoms with Crippen molar-refractivity contribution in [1.82, 2.24) is 4.90 Å². The van der Waals surface area contributed by atoms with E-state index in [1.165, 1.54) is 81.8 Å². The van der Waals surface area contributed by atoms with Gasteiger partial charge in [-0.05, 0) is 74.9 Å². The number of aliphatic carboxylic acids is 1. The molecule has 0 saturated carbocycles. The third kappa shape index (κ3) is 11.7. The van der Waals surface area contributed by atoms with Crippen molar-refractivity contribution < 1.29 is 14.6 Å². The maximum absolute atomic E-state index is 12.4. The molecule has 1 fully saturated rings. The normalized spacial score (nSPS) is 15.9. The zero-order chi connectivity index (χ0) is 30.0. The van der Waals surface area contributed by atoms with Crippen LogP contribution in [0.3, 0.4) is 0 Å². The molecule has 0 radical (unpaired) electrons. The molecule has 3 rings (SSSR count). The van der Waals surface area contributed by atoms with Gasteiger partial charge in [-0.3, -0.25) is 4.79 Å². The van der Waals surface area contributed by atoms with Crippen LogP contribution in [0, 0.1) is 12.3 Å². The van der Waals surface area contributed by atoms with Crippen LogP contribution in [0.2, 0.25) is 0 Å². The first-order valence-electron chi connectivity index (χ1n) is 16.9. The lowest BCUT2D eigenvalue weighted by Gasteiger charge is -2.40. The number of hydrogen-bond acceptors (Lipinski definition) is 4. The summed E-state index contributed by atoms with van der Waals surface area (Å²) in [6.07, 6.45) is 18.8. The van der Waals surface area contributed by atoms with Crippen molar-refractivity contribution in [1.29, 1.82) is 0 Å². The maximum atomic E-state index is 12.4. The molecule has 1 aliphatic rings. The summed E-state index contributed by atoms with van der Waals surface area (Å²) >= 11 is 0. The summed E-state index contributed by atoms with van der Waals surface area (Å²) in [5.41, 5.74) is 9.42. The molecule has 2 aromatic rings. The fourth-order valence-corrected chi connectivity index (χ4v) is 6.42. The van der Waals surface area contributed by atoms with Crippen LogP contribution in [0.5, 0.6) is 5.75 Å². The first-order valence-corrected chi connectivity index (χ1v) is 16.9. The van der Waals surface area contributed by atoms with Crippen molar-refractivity contribution in [3.8, 4) is 5.75 Å². The maximum Gasteiger partial charge on any atom is 0.310 e. The van der Waals surface area contributed by atoms with E-state index in [2.05, 4.69) is 49.1 Å². The van der Waals surface area contributed by atoms with Crippen LogP contribution in [-0.4, -0.2) is 48.3 Å². The monoisotopic (exact) mass is 578 g/mol. The van der Waals surface area contributed by atoms with E-state index in [0.29, 0.717) is 19.3 Å². The first kappa shape index (κ1) is 34.1. The second-order valence-corrected chi connectivity index (χ2v) is 12.8. The highest BCUT2D eigenvalue weighted by Crippen LogP contribution is 2.36. The van der Waals surface area contributed by atoms with Gasteiger partial charge in [-0.2, -0.15) is 0 Å². The minimum absolute atomic E-state index is 0.0184. The van der Waals surface area contributed by atoms with E-state index in [9.17, 15) is 9.90 Å². The molecule has 2 aromatic carbocycles. The summed E-state index contributed by atoms with van der Waals surface area (Å²) in [5.74, 6) is 0.284. The van der Waals surface area contributed by atoms with Crippen molar-refractivity contribution in [2.24, 2.45) is 11.1 Å². The zero-order valence-corrected chi connectivity index (χ0v) is 26.6. The van der Waals surface area contributed by atoms with Gasteiger partial charge in [0.05, 0.1) is 12.0 Å². The smallest absolute Gasteiger partial charge is 0.310 e. The number of aryl methyl sites for hydroxylation is 1. The number of carbonyl (C=O) groups is 1. The molecule has 5 nitrogen and oxygen atoms in total. The molecular formula is C37H58N2O3. The average molecular weight is 579 g/mol. The van der Waals surface area contributed by atoms with Crippen LogP contribution < -0.4 is 10.5 Å². The van der Waals surface area contributed by atoms with E-state index >= 15 is 0 Å². The molecular weight excluding hydrogens is 520 g/mol. The quantitative estimate of drug-likeness (QED) is 0.146. The Bertz CT molecular complexity index is 1030. The van der Waals surface area contributed by atoms with Crippen molar-refractivity contribution in [2.45, 2.75) is 123 Å². The Hall–Kier alpha value is -2.37. The molecule has 0 bridgehead atoms. The van der Waals surface area contributed by atoms with Gasteiger partial charge in [-0.15, -0.1) is 0 Å². The van der Waals surface area contributed by atoms with Gasteiger partial charge in [-0.1, -0.05) is 120 Å². The number of carboxylic acid groups (broad SMARTS) is 1. The van der Waals surface area contributed by atoms with Crippen LogP contribution in [0.1, 0.15) is 114 Å². The largest absolute Gasteiger partial charge is 0.493 e. The van der Waals surface area contributed by atoms with Gasteiger partial charge in [0.25, 0.3) is 0 Å². The number of piperidine rings is 1. The van der Waals surface area contributed by atoms with Crippen molar-refractivity contribution in [3.05, 3.63) is 65.2 Å². The van der Waals surface area contributed by atoms with Gasteiger partial charge in [0, 0.05) is 12.6 Å². The van der Waals surface area contributed by atoms with Gasteiger partial charge in [-0.25, -0.2) is 0 Å². The lowest BCUT2D eigenvalue weighted by atomic mass is 9.73. The van der Waals surface area contributed by atoms with Crippen LogP contribution in [0.4, 0.5) is 0 Å². The number of unbranched alkanes of at least 4 members (excludes halogenated alkanes) is 11. The van der Waals surface area contributed by atoms with Crippen molar-refractivity contribution in [2.75, 3.05) is 26.2 Å². The van der Waals surface area contributed by atoms with Crippen LogP contribution in [0.15, 0.2) is 48.5 Å². The Morgan fingerprint density at radius 2 is 1.40 bits per heavy atom. The minimum atomic E-state index is -0.693. The van der Waals surface area contributed by atoms with E-state index in [-0.39, 0.29) is 6.04 Å². The summed E-state index contributed by atoms with van der Waals surface area (Å²) in [5, 5.41) is 10.2. The summed E-state index contributed by atoms with van der Waals surface area (Å²) in [7, 11) is 0. The van der Waals surface area contributed by atoms with Gasteiger partial charge >= 0.3 is 5.97 Å². The summed E-state index contributed by atoms with van der Waals surface area (Å²) in [6.45, 7) is 7.41. The molecule has 0 aromatic heterocycles. The zero-order valence-electron chi connectivity index (χ0n) is 26.6. The number of ether oxygens (including phenoxy) is 1. The second kappa shape index (κ2) is 19.0. The van der Waals surface area contributed by atoms with E-state index in [4.69, 9.17) is 10.5 Å². The third-order valence-corrected chi connectivity index (χ3v) is 9.26. The molecule has 1 aliphatic heterocycles. The standard InChI is InChI=1S/C37H58N2O3/c1-3-4-5-6-7-8-9-10-11-12-13-18-27-42-35-22-17-16-20-32(35)28-34(38)30-39-25-23-37(24-26-39,36(40)41)29-33-21-15-14-19-31(33)2/h14-17,19-22,34H,3-13,18,23-30,38H2,1-2H3,(H,40,41). The minimum Gasteiger partial charge on any atom is -0.493 e. The van der Waals surface area contributed by atoms with E-state index in [1.807, 2.05) is 18.2 Å². The summed E-state index contributed by atoms with van der Waals surface area (Å²) < 4.78 is 6.21. The number of likely N-dealkylation sites (tertiary alicyclic amines) is 1. The molecule has 1 unspecified atom stereocenters. The third-order valence-electron chi connectivity index (χ3n) is 9.26. The number of nitrogens with zero attached hydrogens (tertiary/aromatic N) is 1. The lowest BCUT2D eigenvalue weighted by molar-refractivity contribution is -0.152. The fourth-order valence-electron chi connectivity index (χ4n) is 6.42. The highest BCUT2D eigenvalue weighted by Gasteiger charge is 2.41. The number of hydrogen-bond donors (Lipinski definition) is 2. The topological polar surface area (TPSA) is 75.8 Å². The number of nitrogens with two attached hydrogens (primary N) is 1. The Morgan fingerprint density at radius 1 is 0.857 bits per heavy atom. The second-order valence-electron chi connectivity index (χ2n) is 12.8. The van der Waals surface area contributed by atoms with Gasteiger partial charge < -0.3 is 20.5 Å². The molecule has 5 heteroatoms. The predicted octanol–water partition coefficient (Wildman–Crippen LogP) is 8.35. The van der Waals surface area contributed by atoms with Gasteiger partial charge in [0.2, 0.25) is 0 Å². The van der Waals surface area contributed by atoms with E-state index in [0.717, 1.165) is 50.4 Å². The fraction of sp³-hybridized carbons (Fsp3) is 0.649. The Kier molecular flexibility index (Phi) is 15.5. The summed E-state index contributed by atoms with van der Waals surface area (Å²) in [6, 6.07) is 16.4. The van der Waals surface area contributed by atoms with Gasteiger partial charge in [0.1, 0.15) is 5.75 Å². The van der Waals surface area contributed by atoms with Crippen LogP contribution in [-0.2, 0) is 17.6 Å². The molecule has 0 spiro atoms. The number of benzene rings is 2. The molecule has 234 valence electrons. The number of carboxylic acids is 1. The van der Waals surface area contributed by atoms with Crippen molar-refractivity contribution >= 4 is 5.97 Å². The van der Waals surface area contributed by atoms with Crippen molar-refractivity contribution in [3.63, 3.8) is 0 Å². The Morgan fingerprint density at radius 3 is 2.00 bits per heavy atom. The van der Waals surface area contributed by atoms with E-state index in [1.54, 1.807) is 0 Å². The van der Waals surface area contributed by atoms with E-state index < -0.39 is 11.4 Å². The summed E-state index contributed by atoms with van der Waals surface area (Å²) in [4.78, 5) is 14.7. The average Bonchev–Trinajstić information content (AvgIpc) is 2.98. The Labute approximate surface area is 256 Å². The predicted molar refractivity (Wildman–Crippen MR) is 175 cm³/mol. The number of para-hydroxylation sites is 1. The highest BCUT2D eigenvalue weighted by atomic mass is 16.5. The highest BCUT2D eigenvalue weighted by molar-refractivity contribution is 5.75. The first-order chi connectivity index (χ1) is 20.4. The molecule has 1 atom stereocenters. The van der Waals surface area contributed by atoms with Crippen LogP contribution in [0.25, 0.3) is 0 Å². The molecule has 0 aliphatic carbocycles. The Balaban J connectivity index is 1.33. The molecule has 0 amide bonds. The van der Waals surface area contributed by atoms with Crippen LogP contribution >= 0.6 is 0 Å². The number of rotatable bonds is 21. The SMILES string of the molecule is CCCCCCCCCCCCCCOc1ccccc1CC(N)CN1CCC(Cc2ccccc2C)(C(=O)O)CC1. The molecule has 3 N–H and O–H groups in total. The molecule has 1 saturated heterocycles. The lowest BCUT2D eigenvalue weighted by Crippen LogP contribution is -2.49. The molecule has 1 heterocycles. The molecule has 42 heavy (non-hydrogen) atoms. The van der Waals surface area contributed by atoms with Gasteiger partial charge in [0.15, 0.2) is 0 Å².